The lowest BCUT2D eigenvalue weighted by Crippen LogP contribution is -2.37. The maximum Gasteiger partial charge on any atom is 0.191 e. The summed E-state index contributed by atoms with van der Waals surface area (Å²) in [6, 6.07) is 6.36. The van der Waals surface area contributed by atoms with Crippen LogP contribution in [-0.4, -0.2) is 43.9 Å². The molecule has 170 valence electrons. The molecule has 1 aliphatic rings. The minimum atomic E-state index is 0.490. The van der Waals surface area contributed by atoms with Crippen LogP contribution in [0.4, 0.5) is 0 Å². The molecule has 1 aliphatic heterocycles. The Hall–Kier alpha value is -2.12. The Morgan fingerprint density at radius 1 is 1.29 bits per heavy atom. The molecule has 1 unspecified atom stereocenters. The van der Waals surface area contributed by atoms with Gasteiger partial charge in [-0.05, 0) is 58.1 Å². The number of aromatic nitrogens is 1. The van der Waals surface area contributed by atoms with E-state index in [1.807, 2.05) is 6.92 Å². The number of nitrogens with one attached hydrogen (secondary N) is 2. The van der Waals surface area contributed by atoms with E-state index in [9.17, 15) is 0 Å². The SMILES string of the molecule is CCNC(=NCc1ccc(C)cc1OCC1CCOC1)NCCCCc1nc(C)cs1. The zero-order valence-corrected chi connectivity index (χ0v) is 19.9. The minimum Gasteiger partial charge on any atom is -0.493 e. The first-order valence-electron chi connectivity index (χ1n) is 11.4. The van der Waals surface area contributed by atoms with Crippen LogP contribution < -0.4 is 15.4 Å². The minimum absolute atomic E-state index is 0.490. The molecule has 1 saturated heterocycles. The summed E-state index contributed by atoms with van der Waals surface area (Å²) in [5.41, 5.74) is 3.43. The van der Waals surface area contributed by atoms with E-state index in [0.717, 1.165) is 75.0 Å². The van der Waals surface area contributed by atoms with Crippen molar-refractivity contribution in [3.05, 3.63) is 45.4 Å². The molecule has 2 aromatic rings. The molecule has 2 heterocycles. The Morgan fingerprint density at radius 2 is 2.19 bits per heavy atom. The van der Waals surface area contributed by atoms with E-state index in [-0.39, 0.29) is 0 Å². The second-order valence-corrected chi connectivity index (χ2v) is 9.06. The molecule has 31 heavy (non-hydrogen) atoms. The van der Waals surface area contributed by atoms with Gasteiger partial charge in [0, 0.05) is 42.3 Å². The molecular formula is C24H36N4O2S. The Bertz CT molecular complexity index is 831. The third kappa shape index (κ3) is 8.15. The molecule has 0 amide bonds. The van der Waals surface area contributed by atoms with Crippen molar-refractivity contribution in [2.24, 2.45) is 10.9 Å². The predicted molar refractivity (Wildman–Crippen MR) is 128 cm³/mol. The number of ether oxygens (including phenoxy) is 2. The van der Waals surface area contributed by atoms with Crippen molar-refractivity contribution in [2.45, 2.75) is 53.0 Å². The van der Waals surface area contributed by atoms with E-state index in [1.165, 1.54) is 10.6 Å². The van der Waals surface area contributed by atoms with E-state index in [0.29, 0.717) is 19.1 Å². The summed E-state index contributed by atoms with van der Waals surface area (Å²) in [4.78, 5) is 9.33. The first kappa shape index (κ1) is 23.5. The third-order valence-corrected chi connectivity index (χ3v) is 6.28. The van der Waals surface area contributed by atoms with Gasteiger partial charge in [-0.25, -0.2) is 9.98 Å². The lowest BCUT2D eigenvalue weighted by molar-refractivity contribution is 0.166. The van der Waals surface area contributed by atoms with Gasteiger partial charge < -0.3 is 20.1 Å². The smallest absolute Gasteiger partial charge is 0.191 e. The second kappa shape index (κ2) is 12.7. The van der Waals surface area contributed by atoms with Gasteiger partial charge in [0.05, 0.1) is 24.8 Å². The highest BCUT2D eigenvalue weighted by molar-refractivity contribution is 7.09. The number of hydrogen-bond acceptors (Lipinski definition) is 5. The molecule has 0 aliphatic carbocycles. The van der Waals surface area contributed by atoms with Crippen molar-refractivity contribution in [3.8, 4) is 5.75 Å². The van der Waals surface area contributed by atoms with Crippen molar-refractivity contribution >= 4 is 17.3 Å². The molecule has 7 heteroatoms. The van der Waals surface area contributed by atoms with Crippen molar-refractivity contribution in [3.63, 3.8) is 0 Å². The van der Waals surface area contributed by atoms with E-state index in [2.05, 4.69) is 53.0 Å². The van der Waals surface area contributed by atoms with Crippen LogP contribution in [0.2, 0.25) is 0 Å². The maximum absolute atomic E-state index is 6.16. The van der Waals surface area contributed by atoms with Gasteiger partial charge in [-0.15, -0.1) is 11.3 Å². The van der Waals surface area contributed by atoms with Crippen molar-refractivity contribution in [1.82, 2.24) is 15.6 Å². The van der Waals surface area contributed by atoms with Crippen LogP contribution in [0.25, 0.3) is 0 Å². The maximum atomic E-state index is 6.16. The molecule has 1 aromatic carbocycles. The molecule has 2 N–H and O–H groups in total. The first-order chi connectivity index (χ1) is 15.1. The summed E-state index contributed by atoms with van der Waals surface area (Å²) in [7, 11) is 0. The van der Waals surface area contributed by atoms with Gasteiger partial charge in [0.15, 0.2) is 5.96 Å². The Kier molecular flexibility index (Phi) is 9.62. The van der Waals surface area contributed by atoms with Gasteiger partial charge in [-0.1, -0.05) is 12.1 Å². The average molecular weight is 445 g/mol. The topological polar surface area (TPSA) is 67.8 Å². The van der Waals surface area contributed by atoms with E-state index in [4.69, 9.17) is 14.5 Å². The largest absolute Gasteiger partial charge is 0.493 e. The van der Waals surface area contributed by atoms with Gasteiger partial charge >= 0.3 is 0 Å². The van der Waals surface area contributed by atoms with E-state index < -0.39 is 0 Å². The van der Waals surface area contributed by atoms with Gasteiger partial charge in [0.2, 0.25) is 0 Å². The van der Waals surface area contributed by atoms with Crippen molar-refractivity contribution < 1.29 is 9.47 Å². The Labute approximate surface area is 190 Å². The van der Waals surface area contributed by atoms with Gasteiger partial charge in [0.1, 0.15) is 5.75 Å². The summed E-state index contributed by atoms with van der Waals surface area (Å²) in [5, 5.41) is 10.1. The lowest BCUT2D eigenvalue weighted by atomic mass is 10.1. The summed E-state index contributed by atoms with van der Waals surface area (Å²) in [5.74, 6) is 2.28. The molecule has 0 radical (unpaired) electrons. The summed E-state index contributed by atoms with van der Waals surface area (Å²) in [6.45, 7) is 10.9. The molecule has 0 spiro atoms. The lowest BCUT2D eigenvalue weighted by Gasteiger charge is -2.15. The van der Waals surface area contributed by atoms with Gasteiger partial charge in [-0.2, -0.15) is 0 Å². The number of nitrogens with zero attached hydrogens (tertiary/aromatic N) is 2. The molecule has 0 bridgehead atoms. The summed E-state index contributed by atoms with van der Waals surface area (Å²) in [6.07, 6.45) is 4.34. The number of aliphatic imine (C=N–C) groups is 1. The van der Waals surface area contributed by atoms with Crippen LogP contribution in [0.15, 0.2) is 28.6 Å². The highest BCUT2D eigenvalue weighted by atomic mass is 32.1. The van der Waals surface area contributed by atoms with E-state index in [1.54, 1.807) is 11.3 Å². The number of hydrogen-bond donors (Lipinski definition) is 2. The number of thiazole rings is 1. The summed E-state index contributed by atoms with van der Waals surface area (Å²) >= 11 is 1.76. The zero-order chi connectivity index (χ0) is 21.9. The fourth-order valence-corrected chi connectivity index (χ4v) is 4.30. The van der Waals surface area contributed by atoms with Gasteiger partial charge in [-0.3, -0.25) is 0 Å². The quantitative estimate of drug-likeness (QED) is 0.308. The molecule has 6 nitrogen and oxygen atoms in total. The summed E-state index contributed by atoms with van der Waals surface area (Å²) < 4.78 is 11.6. The number of unbranched alkanes of at least 4 members (excludes halogenated alkanes) is 1. The van der Waals surface area contributed by atoms with Crippen LogP contribution >= 0.6 is 11.3 Å². The standard InChI is InChI=1S/C24H36N4O2S/c1-4-25-24(26-11-6-5-7-23-28-19(3)17-31-23)27-14-21-9-8-18(2)13-22(21)30-16-20-10-12-29-15-20/h8-9,13,17,20H,4-7,10-12,14-16H2,1-3H3,(H2,25,26,27). The third-order valence-electron chi connectivity index (χ3n) is 5.25. The molecule has 1 aromatic heterocycles. The fraction of sp³-hybridized carbons (Fsp3) is 0.583. The number of aryl methyl sites for hydroxylation is 3. The number of guanidine groups is 1. The van der Waals surface area contributed by atoms with Crippen LogP contribution in [-0.2, 0) is 17.7 Å². The molecule has 0 saturated carbocycles. The van der Waals surface area contributed by atoms with E-state index >= 15 is 0 Å². The Balaban J connectivity index is 1.49. The zero-order valence-electron chi connectivity index (χ0n) is 19.1. The highest BCUT2D eigenvalue weighted by Crippen LogP contribution is 2.23. The second-order valence-electron chi connectivity index (χ2n) is 8.11. The predicted octanol–water partition coefficient (Wildman–Crippen LogP) is 4.25. The average Bonchev–Trinajstić information content (AvgIpc) is 3.42. The Morgan fingerprint density at radius 3 is 2.94 bits per heavy atom. The number of benzene rings is 1. The molecule has 1 fully saturated rings. The number of rotatable bonds is 11. The van der Waals surface area contributed by atoms with Crippen LogP contribution in [0.5, 0.6) is 5.75 Å². The van der Waals surface area contributed by atoms with Gasteiger partial charge in [0.25, 0.3) is 0 Å². The van der Waals surface area contributed by atoms with Crippen LogP contribution in [0.3, 0.4) is 0 Å². The van der Waals surface area contributed by atoms with Crippen LogP contribution in [0.1, 0.15) is 48.0 Å². The molecular weight excluding hydrogens is 408 g/mol. The molecule has 3 rings (SSSR count). The normalized spacial score (nSPS) is 16.5. The fourth-order valence-electron chi connectivity index (χ4n) is 3.48. The van der Waals surface area contributed by atoms with Crippen LogP contribution in [0, 0.1) is 19.8 Å². The first-order valence-corrected chi connectivity index (χ1v) is 12.2. The van der Waals surface area contributed by atoms with Crippen molar-refractivity contribution in [2.75, 3.05) is 32.9 Å². The molecule has 1 atom stereocenters. The van der Waals surface area contributed by atoms with Crippen molar-refractivity contribution in [1.29, 1.82) is 0 Å². The highest BCUT2D eigenvalue weighted by Gasteiger charge is 2.17. The monoisotopic (exact) mass is 444 g/mol.